The molecule has 0 saturated carbocycles. The van der Waals surface area contributed by atoms with Crippen LogP contribution in [-0.2, 0) is 11.3 Å². The van der Waals surface area contributed by atoms with E-state index in [0.717, 1.165) is 0 Å². The van der Waals surface area contributed by atoms with Crippen molar-refractivity contribution in [1.29, 1.82) is 0 Å². The van der Waals surface area contributed by atoms with E-state index in [1.165, 1.54) is 11.0 Å². The van der Waals surface area contributed by atoms with E-state index in [0.29, 0.717) is 24.6 Å². The van der Waals surface area contributed by atoms with Crippen molar-refractivity contribution < 1.29 is 9.53 Å². The molecule has 3 N–H and O–H groups in total. The predicted molar refractivity (Wildman–Crippen MR) is 74.7 cm³/mol. The lowest BCUT2D eigenvalue weighted by Gasteiger charge is -2.07. The lowest BCUT2D eigenvalue weighted by Crippen LogP contribution is -2.19. The van der Waals surface area contributed by atoms with E-state index in [-0.39, 0.29) is 24.9 Å². The van der Waals surface area contributed by atoms with E-state index in [2.05, 4.69) is 20.8 Å². The number of halogens is 1. The Balaban J connectivity index is 0.00000200. The van der Waals surface area contributed by atoms with E-state index in [4.69, 9.17) is 10.5 Å². The number of anilines is 1. The number of hydrogen-bond acceptors (Lipinski definition) is 6. The third kappa shape index (κ3) is 4.82. The fourth-order valence-corrected chi connectivity index (χ4v) is 1.41. The first-order valence-corrected chi connectivity index (χ1v) is 5.71. The van der Waals surface area contributed by atoms with Crippen LogP contribution < -0.4 is 15.8 Å². The molecular weight excluding hydrogens is 284 g/mol. The summed E-state index contributed by atoms with van der Waals surface area (Å²) < 4.78 is 6.67. The third-order valence-electron chi connectivity index (χ3n) is 2.22. The van der Waals surface area contributed by atoms with Gasteiger partial charge >= 0.3 is 0 Å². The second-order valence-corrected chi connectivity index (χ2v) is 3.72. The molecule has 8 nitrogen and oxygen atoms in total. The van der Waals surface area contributed by atoms with Gasteiger partial charge in [-0.05, 0) is 34.7 Å². The Morgan fingerprint density at radius 2 is 2.10 bits per heavy atom. The van der Waals surface area contributed by atoms with Crippen molar-refractivity contribution in [3.8, 4) is 5.75 Å². The zero-order valence-electron chi connectivity index (χ0n) is 10.6. The average Bonchev–Trinajstić information content (AvgIpc) is 2.90. The smallest absolute Gasteiger partial charge is 0.246 e. The number of carbonyl (C=O) groups excluding carboxylic acids is 1. The van der Waals surface area contributed by atoms with E-state index in [9.17, 15) is 4.79 Å². The Hall–Kier alpha value is -2.19. The highest BCUT2D eigenvalue weighted by Gasteiger charge is 2.04. The van der Waals surface area contributed by atoms with Crippen molar-refractivity contribution in [2.75, 3.05) is 18.5 Å². The standard InChI is InChI=1S/C11H14N6O2.ClH/c12-5-6-19-10-3-1-9(2-4-10)14-11(18)7-17-8-13-15-16-17;/h1-4,8H,5-7,12H2,(H,14,18);1H. The molecule has 0 saturated heterocycles. The van der Waals surface area contributed by atoms with Crippen LogP contribution in [0.4, 0.5) is 5.69 Å². The zero-order chi connectivity index (χ0) is 13.5. The summed E-state index contributed by atoms with van der Waals surface area (Å²) in [6, 6.07) is 7.04. The van der Waals surface area contributed by atoms with Crippen molar-refractivity contribution in [2.24, 2.45) is 5.73 Å². The first kappa shape index (κ1) is 15.9. The fourth-order valence-electron chi connectivity index (χ4n) is 1.41. The summed E-state index contributed by atoms with van der Waals surface area (Å²) in [6.07, 6.45) is 1.38. The number of tetrazole rings is 1. The number of nitrogens with zero attached hydrogens (tertiary/aromatic N) is 4. The lowest BCUT2D eigenvalue weighted by molar-refractivity contribution is -0.116. The molecule has 0 radical (unpaired) electrons. The molecule has 1 aromatic carbocycles. The van der Waals surface area contributed by atoms with E-state index in [1.54, 1.807) is 24.3 Å². The van der Waals surface area contributed by atoms with Gasteiger partial charge in [-0.2, -0.15) is 0 Å². The van der Waals surface area contributed by atoms with Gasteiger partial charge in [-0.3, -0.25) is 4.79 Å². The number of nitrogens with two attached hydrogens (primary N) is 1. The van der Waals surface area contributed by atoms with Crippen LogP contribution in [-0.4, -0.2) is 39.3 Å². The van der Waals surface area contributed by atoms with Gasteiger partial charge in [0.2, 0.25) is 5.91 Å². The topological polar surface area (TPSA) is 108 Å². The van der Waals surface area contributed by atoms with Crippen LogP contribution >= 0.6 is 12.4 Å². The Morgan fingerprint density at radius 1 is 1.35 bits per heavy atom. The largest absolute Gasteiger partial charge is 0.492 e. The normalized spacial score (nSPS) is 9.65. The first-order chi connectivity index (χ1) is 9.28. The van der Waals surface area contributed by atoms with Crippen LogP contribution in [0.25, 0.3) is 0 Å². The molecule has 0 fully saturated rings. The number of aromatic nitrogens is 4. The molecule has 0 atom stereocenters. The molecule has 1 aromatic heterocycles. The van der Waals surface area contributed by atoms with Gasteiger partial charge in [0.05, 0.1) is 0 Å². The van der Waals surface area contributed by atoms with Gasteiger partial charge in [0.15, 0.2) is 0 Å². The van der Waals surface area contributed by atoms with Crippen molar-refractivity contribution >= 4 is 24.0 Å². The van der Waals surface area contributed by atoms with Gasteiger partial charge in [-0.25, -0.2) is 4.68 Å². The first-order valence-electron chi connectivity index (χ1n) is 5.71. The zero-order valence-corrected chi connectivity index (χ0v) is 11.4. The van der Waals surface area contributed by atoms with Gasteiger partial charge in [-0.1, -0.05) is 0 Å². The van der Waals surface area contributed by atoms with Crippen LogP contribution in [0.15, 0.2) is 30.6 Å². The molecule has 2 aromatic rings. The summed E-state index contributed by atoms with van der Waals surface area (Å²) in [4.78, 5) is 11.7. The number of amides is 1. The Bertz CT molecular complexity index is 516. The number of hydrogen-bond donors (Lipinski definition) is 2. The van der Waals surface area contributed by atoms with Crippen molar-refractivity contribution in [2.45, 2.75) is 6.54 Å². The SMILES string of the molecule is Cl.NCCOc1ccc(NC(=O)Cn2cnnn2)cc1. The number of nitrogens with one attached hydrogen (secondary N) is 1. The third-order valence-corrected chi connectivity index (χ3v) is 2.22. The van der Waals surface area contributed by atoms with E-state index >= 15 is 0 Å². The summed E-state index contributed by atoms with van der Waals surface area (Å²) in [6.45, 7) is 0.994. The molecular formula is C11H15ClN6O2. The number of benzene rings is 1. The number of ether oxygens (including phenoxy) is 1. The summed E-state index contributed by atoms with van der Waals surface area (Å²) in [7, 11) is 0. The maximum Gasteiger partial charge on any atom is 0.246 e. The van der Waals surface area contributed by atoms with Gasteiger partial charge in [0, 0.05) is 12.2 Å². The lowest BCUT2D eigenvalue weighted by atomic mass is 10.3. The highest BCUT2D eigenvalue weighted by molar-refractivity contribution is 5.90. The molecule has 108 valence electrons. The van der Waals surface area contributed by atoms with Gasteiger partial charge in [0.25, 0.3) is 0 Å². The second kappa shape index (κ2) is 8.08. The molecule has 0 aliphatic carbocycles. The maximum atomic E-state index is 11.7. The summed E-state index contributed by atoms with van der Waals surface area (Å²) in [5.74, 6) is 0.506. The number of rotatable bonds is 6. The van der Waals surface area contributed by atoms with Crippen molar-refractivity contribution in [3.63, 3.8) is 0 Å². The van der Waals surface area contributed by atoms with Crippen LogP contribution in [0.5, 0.6) is 5.75 Å². The Labute approximate surface area is 121 Å². The minimum absolute atomic E-state index is 0. The molecule has 0 bridgehead atoms. The van der Waals surface area contributed by atoms with E-state index in [1.807, 2.05) is 0 Å². The molecule has 0 unspecified atom stereocenters. The molecule has 2 rings (SSSR count). The summed E-state index contributed by atoms with van der Waals surface area (Å²) in [5.41, 5.74) is 6.01. The Morgan fingerprint density at radius 3 is 2.70 bits per heavy atom. The molecule has 9 heteroatoms. The number of carbonyl (C=O) groups is 1. The average molecular weight is 299 g/mol. The van der Waals surface area contributed by atoms with Crippen molar-refractivity contribution in [1.82, 2.24) is 20.2 Å². The summed E-state index contributed by atoms with van der Waals surface area (Å²) in [5, 5.41) is 13.2. The minimum Gasteiger partial charge on any atom is -0.492 e. The van der Waals surface area contributed by atoms with Gasteiger partial charge in [0.1, 0.15) is 25.2 Å². The maximum absolute atomic E-state index is 11.7. The monoisotopic (exact) mass is 298 g/mol. The van der Waals surface area contributed by atoms with E-state index < -0.39 is 0 Å². The molecule has 1 amide bonds. The minimum atomic E-state index is -0.206. The van der Waals surface area contributed by atoms with Gasteiger partial charge in [-0.15, -0.1) is 17.5 Å². The molecule has 0 aliphatic heterocycles. The second-order valence-electron chi connectivity index (χ2n) is 3.72. The van der Waals surface area contributed by atoms with Gasteiger partial charge < -0.3 is 15.8 Å². The Kier molecular flexibility index (Phi) is 6.41. The summed E-state index contributed by atoms with van der Waals surface area (Å²) >= 11 is 0. The highest BCUT2D eigenvalue weighted by Crippen LogP contribution is 2.15. The highest BCUT2D eigenvalue weighted by atomic mass is 35.5. The fraction of sp³-hybridized carbons (Fsp3) is 0.273. The van der Waals surface area contributed by atoms with Crippen LogP contribution in [0.3, 0.4) is 0 Å². The van der Waals surface area contributed by atoms with Crippen LogP contribution in [0.2, 0.25) is 0 Å². The van der Waals surface area contributed by atoms with Crippen molar-refractivity contribution in [3.05, 3.63) is 30.6 Å². The molecule has 20 heavy (non-hydrogen) atoms. The van der Waals surface area contributed by atoms with Crippen LogP contribution in [0.1, 0.15) is 0 Å². The predicted octanol–water partition coefficient (Wildman–Crippen LogP) is 0.0711. The quantitative estimate of drug-likeness (QED) is 0.781. The molecule has 0 spiro atoms. The molecule has 1 heterocycles. The van der Waals surface area contributed by atoms with Crippen LogP contribution in [0, 0.1) is 0 Å². The molecule has 0 aliphatic rings.